The zero-order valence-electron chi connectivity index (χ0n) is 10.8. The van der Waals surface area contributed by atoms with Crippen molar-refractivity contribution in [1.82, 2.24) is 0 Å². The fraction of sp³-hybridized carbons (Fsp3) is 0.571. The van der Waals surface area contributed by atoms with Gasteiger partial charge in [-0.15, -0.1) is 0 Å². The van der Waals surface area contributed by atoms with Gasteiger partial charge in [0.2, 0.25) is 0 Å². The van der Waals surface area contributed by atoms with E-state index in [0.29, 0.717) is 12.1 Å². The third-order valence-electron chi connectivity index (χ3n) is 4.00. The van der Waals surface area contributed by atoms with Crippen LogP contribution in [0.1, 0.15) is 43.5 Å². The molecule has 0 saturated heterocycles. The first kappa shape index (κ1) is 13.3. The molecule has 0 radical (unpaired) electrons. The molecule has 1 aliphatic rings. The molecule has 1 atom stereocenters. The van der Waals surface area contributed by atoms with Gasteiger partial charge in [0.15, 0.2) is 11.6 Å². The van der Waals surface area contributed by atoms with Gasteiger partial charge in [-0.05, 0) is 37.5 Å². The van der Waals surface area contributed by atoms with E-state index in [1.807, 2.05) is 0 Å². The summed E-state index contributed by atoms with van der Waals surface area (Å²) in [5.74, 6) is -0.293. The molecule has 0 aromatic heterocycles. The first-order chi connectivity index (χ1) is 8.54. The fourth-order valence-electron chi connectivity index (χ4n) is 2.63. The minimum absolute atomic E-state index is 0.213. The summed E-state index contributed by atoms with van der Waals surface area (Å²) in [7, 11) is 1.43. The summed E-state index contributed by atoms with van der Waals surface area (Å²) in [6.45, 7) is 1.84. The van der Waals surface area contributed by atoms with Crippen LogP contribution in [0.2, 0.25) is 0 Å². The van der Waals surface area contributed by atoms with E-state index in [1.54, 1.807) is 6.07 Å². The van der Waals surface area contributed by atoms with Crippen molar-refractivity contribution in [3.8, 4) is 5.75 Å². The summed E-state index contributed by atoms with van der Waals surface area (Å²) in [4.78, 5) is 0. The molecule has 4 heteroatoms. The number of benzene rings is 1. The largest absolute Gasteiger partial charge is 0.493 e. The van der Waals surface area contributed by atoms with Crippen LogP contribution in [0, 0.1) is 5.82 Å². The molecule has 2 N–H and O–H groups in total. The van der Waals surface area contributed by atoms with Gasteiger partial charge in [-0.2, -0.15) is 0 Å². The molecule has 1 saturated carbocycles. The van der Waals surface area contributed by atoms with E-state index in [9.17, 15) is 8.78 Å². The Morgan fingerprint density at radius 3 is 2.50 bits per heavy atom. The molecule has 0 heterocycles. The van der Waals surface area contributed by atoms with Crippen molar-refractivity contribution in [2.24, 2.45) is 5.73 Å². The van der Waals surface area contributed by atoms with Gasteiger partial charge in [-0.25, -0.2) is 8.78 Å². The number of halogens is 2. The highest BCUT2D eigenvalue weighted by Gasteiger charge is 2.40. The number of hydrogen-bond acceptors (Lipinski definition) is 2. The third-order valence-corrected chi connectivity index (χ3v) is 4.00. The van der Waals surface area contributed by atoms with Crippen LogP contribution in [-0.4, -0.2) is 13.7 Å². The molecule has 0 amide bonds. The Morgan fingerprint density at radius 2 is 2.11 bits per heavy atom. The topological polar surface area (TPSA) is 35.2 Å². The van der Waals surface area contributed by atoms with Crippen molar-refractivity contribution in [1.29, 1.82) is 0 Å². The lowest BCUT2D eigenvalue weighted by Gasteiger charge is -2.42. The first-order valence-electron chi connectivity index (χ1n) is 6.26. The molecule has 1 aromatic carbocycles. The van der Waals surface area contributed by atoms with Gasteiger partial charge in [0.25, 0.3) is 0 Å². The quantitative estimate of drug-likeness (QED) is 0.896. The maximum absolute atomic E-state index is 14.0. The molecule has 2 nitrogen and oxygen atoms in total. The number of nitrogens with two attached hydrogens (primary N) is 1. The average Bonchev–Trinajstić information content (AvgIpc) is 2.27. The Labute approximate surface area is 106 Å². The lowest BCUT2D eigenvalue weighted by molar-refractivity contribution is 0.239. The number of rotatable bonds is 4. The first-order valence-corrected chi connectivity index (χ1v) is 6.26. The monoisotopic (exact) mass is 255 g/mol. The van der Waals surface area contributed by atoms with Crippen molar-refractivity contribution in [2.75, 3.05) is 13.7 Å². The number of ether oxygens (including phenoxy) is 1. The summed E-state index contributed by atoms with van der Waals surface area (Å²) in [6.07, 6.45) is 1.68. The highest BCUT2D eigenvalue weighted by atomic mass is 19.1. The molecular formula is C14H19F2NO. The molecule has 0 spiro atoms. The summed E-state index contributed by atoms with van der Waals surface area (Å²) in [5.41, 5.74) is 6.66. The fourth-order valence-corrected chi connectivity index (χ4v) is 2.63. The molecule has 0 bridgehead atoms. The zero-order chi connectivity index (χ0) is 13.3. The molecule has 2 rings (SSSR count). The molecule has 18 heavy (non-hydrogen) atoms. The van der Waals surface area contributed by atoms with Crippen molar-refractivity contribution >= 4 is 0 Å². The summed E-state index contributed by atoms with van der Waals surface area (Å²) < 4.78 is 32.5. The number of methoxy groups -OCH3 is 1. The van der Waals surface area contributed by atoms with Crippen LogP contribution in [0.5, 0.6) is 5.75 Å². The Kier molecular flexibility index (Phi) is 3.57. The minimum atomic E-state index is -1.20. The molecule has 1 fully saturated rings. The van der Waals surface area contributed by atoms with Crippen molar-refractivity contribution < 1.29 is 13.5 Å². The Balaban J connectivity index is 2.55. The minimum Gasteiger partial charge on any atom is -0.493 e. The van der Waals surface area contributed by atoms with E-state index >= 15 is 0 Å². The Morgan fingerprint density at radius 1 is 1.44 bits per heavy atom. The van der Waals surface area contributed by atoms with Gasteiger partial charge in [0.1, 0.15) is 6.17 Å². The molecule has 0 aliphatic heterocycles. The van der Waals surface area contributed by atoms with E-state index in [2.05, 4.69) is 0 Å². The Hall–Kier alpha value is -1.16. The molecule has 100 valence electrons. The average molecular weight is 255 g/mol. The predicted octanol–water partition coefficient (Wildman–Crippen LogP) is 3.25. The summed E-state index contributed by atoms with van der Waals surface area (Å²) >= 11 is 0. The van der Waals surface area contributed by atoms with Crippen LogP contribution < -0.4 is 10.5 Å². The summed E-state index contributed by atoms with van der Waals surface area (Å²) in [6, 6.07) is 2.91. The van der Waals surface area contributed by atoms with Gasteiger partial charge >= 0.3 is 0 Å². The SMILES string of the molecule is COc1c(F)cc(C(C)F)cc1C1(CN)CCC1. The third kappa shape index (κ3) is 1.99. The highest BCUT2D eigenvalue weighted by Crippen LogP contribution is 2.47. The van der Waals surface area contributed by atoms with E-state index in [1.165, 1.54) is 20.1 Å². The maximum atomic E-state index is 14.0. The van der Waals surface area contributed by atoms with E-state index in [-0.39, 0.29) is 11.2 Å². The lowest BCUT2D eigenvalue weighted by atomic mass is 9.64. The maximum Gasteiger partial charge on any atom is 0.165 e. The highest BCUT2D eigenvalue weighted by molar-refractivity contribution is 5.46. The van der Waals surface area contributed by atoms with Gasteiger partial charge in [0.05, 0.1) is 7.11 Å². The van der Waals surface area contributed by atoms with E-state index in [4.69, 9.17) is 10.5 Å². The normalized spacial score (nSPS) is 19.2. The molecule has 1 aromatic rings. The van der Waals surface area contributed by atoms with Crippen molar-refractivity contribution in [3.05, 3.63) is 29.1 Å². The molecular weight excluding hydrogens is 236 g/mol. The standard InChI is InChI=1S/C14H19F2NO/c1-9(15)10-6-11(13(18-2)12(16)7-10)14(8-17)4-3-5-14/h6-7,9H,3-5,8,17H2,1-2H3. The van der Waals surface area contributed by atoms with Crippen LogP contribution in [0.3, 0.4) is 0 Å². The van der Waals surface area contributed by atoms with Gasteiger partial charge in [-0.3, -0.25) is 0 Å². The van der Waals surface area contributed by atoms with E-state index in [0.717, 1.165) is 24.8 Å². The second kappa shape index (κ2) is 4.84. The lowest BCUT2D eigenvalue weighted by Crippen LogP contribution is -2.42. The molecule has 1 aliphatic carbocycles. The van der Waals surface area contributed by atoms with Gasteiger partial charge < -0.3 is 10.5 Å². The van der Waals surface area contributed by atoms with Crippen LogP contribution in [0.25, 0.3) is 0 Å². The van der Waals surface area contributed by atoms with Crippen molar-refractivity contribution in [3.63, 3.8) is 0 Å². The van der Waals surface area contributed by atoms with E-state index < -0.39 is 12.0 Å². The van der Waals surface area contributed by atoms with Crippen LogP contribution in [-0.2, 0) is 5.41 Å². The molecule has 1 unspecified atom stereocenters. The smallest absolute Gasteiger partial charge is 0.165 e. The van der Waals surface area contributed by atoms with Crippen LogP contribution >= 0.6 is 0 Å². The van der Waals surface area contributed by atoms with Gasteiger partial charge in [-0.1, -0.05) is 6.42 Å². The number of hydrogen-bond donors (Lipinski definition) is 1. The second-order valence-electron chi connectivity index (χ2n) is 5.04. The predicted molar refractivity (Wildman–Crippen MR) is 67.1 cm³/mol. The number of alkyl halides is 1. The van der Waals surface area contributed by atoms with Crippen LogP contribution in [0.4, 0.5) is 8.78 Å². The Bertz CT molecular complexity index is 436. The zero-order valence-corrected chi connectivity index (χ0v) is 10.8. The van der Waals surface area contributed by atoms with Crippen LogP contribution in [0.15, 0.2) is 12.1 Å². The van der Waals surface area contributed by atoms with Crippen molar-refractivity contribution in [2.45, 2.75) is 37.8 Å². The second-order valence-corrected chi connectivity index (χ2v) is 5.04. The van der Waals surface area contributed by atoms with Gasteiger partial charge in [0, 0.05) is 17.5 Å². The summed E-state index contributed by atoms with van der Waals surface area (Å²) in [5, 5.41) is 0.